The number of fused-ring (bicyclic) bond motifs is 3. The highest BCUT2D eigenvalue weighted by atomic mass is 79.9. The normalized spacial score (nSPS) is 14.1. The van der Waals surface area contributed by atoms with Crippen LogP contribution in [0.4, 0.5) is 0 Å². The molecule has 3 aromatic carbocycles. The van der Waals surface area contributed by atoms with E-state index in [-0.39, 0.29) is 5.91 Å². The molecule has 178 valence electrons. The lowest BCUT2D eigenvalue weighted by Crippen LogP contribution is -2.35. The van der Waals surface area contributed by atoms with Crippen molar-refractivity contribution in [1.29, 1.82) is 0 Å². The number of hydrogen-bond donors (Lipinski definition) is 1. The molecule has 2 aliphatic carbocycles. The summed E-state index contributed by atoms with van der Waals surface area (Å²) in [5.41, 5.74) is 7.76. The number of amides is 1. The third-order valence-electron chi connectivity index (χ3n) is 7.06. The minimum Gasteiger partial charge on any atom is -0.352 e. The van der Waals surface area contributed by atoms with E-state index in [2.05, 4.69) is 92.8 Å². The van der Waals surface area contributed by atoms with Gasteiger partial charge in [-0.3, -0.25) is 4.79 Å². The number of rotatable bonds is 6. The largest absolute Gasteiger partial charge is 0.352 e. The van der Waals surface area contributed by atoms with Gasteiger partial charge in [0.15, 0.2) is 12.4 Å². The predicted molar refractivity (Wildman–Crippen MR) is 150 cm³/mol. The van der Waals surface area contributed by atoms with Crippen molar-refractivity contribution in [3.05, 3.63) is 122 Å². The SMILES string of the molecule is O=C(NCCC[n+]1ccc2ccccc2c1)C1=C(C2=Cc3cc(Cl)ccc3C2)Cc2cc(Br)ccc21. The average molecular weight is 557 g/mol. The zero-order valence-electron chi connectivity index (χ0n) is 19.7. The molecule has 0 aliphatic heterocycles. The van der Waals surface area contributed by atoms with E-state index in [1.807, 2.05) is 18.2 Å². The first-order chi connectivity index (χ1) is 17.5. The van der Waals surface area contributed by atoms with E-state index in [4.69, 9.17) is 11.6 Å². The quantitative estimate of drug-likeness (QED) is 0.208. The number of carbonyl (C=O) groups excluding carboxylic acids is 1. The van der Waals surface area contributed by atoms with Crippen LogP contribution in [0.25, 0.3) is 22.4 Å². The van der Waals surface area contributed by atoms with Crippen molar-refractivity contribution in [3.8, 4) is 0 Å². The van der Waals surface area contributed by atoms with Crippen LogP contribution in [0.1, 0.15) is 28.7 Å². The third-order valence-corrected chi connectivity index (χ3v) is 7.79. The third kappa shape index (κ3) is 4.52. The van der Waals surface area contributed by atoms with Crippen molar-refractivity contribution in [2.75, 3.05) is 6.54 Å². The van der Waals surface area contributed by atoms with Crippen molar-refractivity contribution in [1.82, 2.24) is 5.32 Å². The van der Waals surface area contributed by atoms with Crippen molar-refractivity contribution < 1.29 is 9.36 Å². The van der Waals surface area contributed by atoms with Gasteiger partial charge in [-0.2, -0.15) is 0 Å². The highest BCUT2D eigenvalue weighted by molar-refractivity contribution is 9.10. The Morgan fingerprint density at radius 1 is 0.972 bits per heavy atom. The Hall–Kier alpha value is -3.21. The number of nitrogens with one attached hydrogen (secondary N) is 1. The van der Waals surface area contributed by atoms with E-state index in [9.17, 15) is 4.79 Å². The first-order valence-electron chi connectivity index (χ1n) is 12.2. The van der Waals surface area contributed by atoms with Crippen LogP contribution in [0, 0.1) is 0 Å². The number of allylic oxidation sites excluding steroid dienone is 2. The van der Waals surface area contributed by atoms with Crippen LogP contribution in [0.5, 0.6) is 0 Å². The summed E-state index contributed by atoms with van der Waals surface area (Å²) >= 11 is 9.83. The first-order valence-corrected chi connectivity index (χ1v) is 13.4. The number of aryl methyl sites for hydroxylation is 1. The molecule has 1 N–H and O–H groups in total. The molecule has 3 nitrogen and oxygen atoms in total. The van der Waals surface area contributed by atoms with E-state index in [1.165, 1.54) is 27.5 Å². The van der Waals surface area contributed by atoms with Crippen molar-refractivity contribution in [3.63, 3.8) is 0 Å². The molecule has 0 atom stereocenters. The van der Waals surface area contributed by atoms with Gasteiger partial charge in [-0.15, -0.1) is 0 Å². The molecule has 1 amide bonds. The Morgan fingerprint density at radius 2 is 1.83 bits per heavy atom. The molecule has 0 radical (unpaired) electrons. The zero-order chi connectivity index (χ0) is 24.6. The number of halogens is 2. The van der Waals surface area contributed by atoms with Crippen LogP contribution in [0.3, 0.4) is 0 Å². The number of hydrogen-bond acceptors (Lipinski definition) is 1. The number of pyridine rings is 1. The van der Waals surface area contributed by atoms with E-state index in [0.29, 0.717) is 6.54 Å². The fourth-order valence-corrected chi connectivity index (χ4v) is 5.88. The molecule has 5 heteroatoms. The van der Waals surface area contributed by atoms with Crippen LogP contribution in [0.2, 0.25) is 5.02 Å². The maximum Gasteiger partial charge on any atom is 0.252 e. The maximum absolute atomic E-state index is 13.5. The Kier molecular flexibility index (Phi) is 6.24. The Morgan fingerprint density at radius 3 is 2.72 bits per heavy atom. The topological polar surface area (TPSA) is 33.0 Å². The van der Waals surface area contributed by atoms with Gasteiger partial charge in [-0.05, 0) is 82.0 Å². The fraction of sp³-hybridized carbons (Fsp3) is 0.161. The molecule has 36 heavy (non-hydrogen) atoms. The Balaban J connectivity index is 1.20. The minimum atomic E-state index is 0.00414. The van der Waals surface area contributed by atoms with Crippen LogP contribution in [0.15, 0.2) is 94.7 Å². The molecule has 0 saturated carbocycles. The van der Waals surface area contributed by atoms with Gasteiger partial charge in [-0.25, -0.2) is 4.57 Å². The van der Waals surface area contributed by atoms with Gasteiger partial charge in [0.25, 0.3) is 5.91 Å². The second-order valence-electron chi connectivity index (χ2n) is 9.44. The lowest BCUT2D eigenvalue weighted by atomic mass is 9.98. The monoisotopic (exact) mass is 555 g/mol. The van der Waals surface area contributed by atoms with Crippen molar-refractivity contribution >= 4 is 55.9 Å². The highest BCUT2D eigenvalue weighted by Gasteiger charge is 2.30. The van der Waals surface area contributed by atoms with Gasteiger partial charge >= 0.3 is 0 Å². The number of benzene rings is 3. The zero-order valence-corrected chi connectivity index (χ0v) is 22.1. The van der Waals surface area contributed by atoms with Gasteiger partial charge in [0.1, 0.15) is 6.54 Å². The van der Waals surface area contributed by atoms with E-state index in [0.717, 1.165) is 57.6 Å². The molecule has 0 spiro atoms. The molecule has 2 aliphatic rings. The first kappa shape index (κ1) is 23.2. The standard InChI is InChI=1S/C31H24BrClN2O/c32-26-7-9-28-25(16-26)18-29(24-14-21-6-8-27(33)17-23(21)15-24)30(28)31(36)34-11-3-12-35-13-10-20-4-1-2-5-22(20)19-35/h1-2,4-10,13,15-17,19H,3,11-12,14,18H2/p+1. The summed E-state index contributed by atoms with van der Waals surface area (Å²) in [4.78, 5) is 13.5. The van der Waals surface area contributed by atoms with Crippen LogP contribution in [-0.4, -0.2) is 12.5 Å². The molecule has 0 unspecified atom stereocenters. The second kappa shape index (κ2) is 9.68. The predicted octanol–water partition coefficient (Wildman–Crippen LogP) is 6.70. The smallest absolute Gasteiger partial charge is 0.252 e. The number of nitrogens with zero attached hydrogens (tertiary/aromatic N) is 1. The van der Waals surface area contributed by atoms with Crippen molar-refractivity contribution in [2.45, 2.75) is 25.8 Å². The lowest BCUT2D eigenvalue weighted by Gasteiger charge is -2.11. The van der Waals surface area contributed by atoms with Crippen LogP contribution in [-0.2, 0) is 24.2 Å². The minimum absolute atomic E-state index is 0.00414. The van der Waals surface area contributed by atoms with E-state index < -0.39 is 0 Å². The summed E-state index contributed by atoms with van der Waals surface area (Å²) in [5.74, 6) is 0.00414. The van der Waals surface area contributed by atoms with Gasteiger partial charge in [0, 0.05) is 33.9 Å². The lowest BCUT2D eigenvalue weighted by molar-refractivity contribution is -0.695. The Bertz CT molecular complexity index is 1590. The average Bonchev–Trinajstić information content (AvgIpc) is 3.47. The molecule has 1 heterocycles. The maximum atomic E-state index is 13.5. The number of carbonyl (C=O) groups is 1. The van der Waals surface area contributed by atoms with E-state index in [1.54, 1.807) is 0 Å². The van der Waals surface area contributed by atoms with Crippen LogP contribution >= 0.6 is 27.5 Å². The van der Waals surface area contributed by atoms with Gasteiger partial charge in [-0.1, -0.05) is 63.9 Å². The van der Waals surface area contributed by atoms with E-state index >= 15 is 0 Å². The van der Waals surface area contributed by atoms with Crippen molar-refractivity contribution in [2.24, 2.45) is 0 Å². The molecule has 0 fully saturated rings. The molecular formula is C31H25BrClN2O+. The highest BCUT2D eigenvalue weighted by Crippen LogP contribution is 2.42. The van der Waals surface area contributed by atoms with Gasteiger partial charge in [0.2, 0.25) is 0 Å². The second-order valence-corrected chi connectivity index (χ2v) is 10.8. The molecule has 1 aromatic heterocycles. The van der Waals surface area contributed by atoms with Gasteiger partial charge in [0.05, 0.1) is 5.57 Å². The number of aromatic nitrogens is 1. The summed E-state index contributed by atoms with van der Waals surface area (Å²) in [6, 6.07) is 22.7. The molecule has 0 bridgehead atoms. The molecule has 6 rings (SSSR count). The summed E-state index contributed by atoms with van der Waals surface area (Å²) < 4.78 is 3.22. The summed E-state index contributed by atoms with van der Waals surface area (Å²) in [6.07, 6.45) is 8.91. The summed E-state index contributed by atoms with van der Waals surface area (Å²) in [6.45, 7) is 1.47. The molecule has 0 saturated heterocycles. The van der Waals surface area contributed by atoms with Gasteiger partial charge < -0.3 is 5.32 Å². The fourth-order valence-electron chi connectivity index (χ4n) is 5.30. The van der Waals surface area contributed by atoms with Crippen LogP contribution < -0.4 is 9.88 Å². The molecular weight excluding hydrogens is 532 g/mol. The summed E-state index contributed by atoms with van der Waals surface area (Å²) in [7, 11) is 0. The summed E-state index contributed by atoms with van der Waals surface area (Å²) in [5, 5.41) is 6.40. The Labute approximate surface area is 224 Å². The molecule has 4 aromatic rings.